The Hall–Kier alpha value is -1.68. The summed E-state index contributed by atoms with van der Waals surface area (Å²) < 4.78 is 5.02. The van der Waals surface area contributed by atoms with Gasteiger partial charge in [0.1, 0.15) is 5.78 Å². The molecule has 2 atom stereocenters. The molecule has 21 heavy (non-hydrogen) atoms. The molecular weight excluding hydrogens is 266 g/mol. The minimum atomic E-state index is -0.199. The first-order valence-electron chi connectivity index (χ1n) is 7.52. The number of carbonyl (C=O) groups excluding carboxylic acids is 2. The first-order valence-corrected chi connectivity index (χ1v) is 7.52. The topological polar surface area (TPSA) is 46.6 Å². The summed E-state index contributed by atoms with van der Waals surface area (Å²) in [4.78, 5) is 25.8. The van der Waals surface area contributed by atoms with Crippen LogP contribution in [-0.4, -0.2) is 36.3 Å². The Kier molecular flexibility index (Phi) is 5.51. The Morgan fingerprint density at radius 1 is 1.24 bits per heavy atom. The van der Waals surface area contributed by atoms with Crippen LogP contribution in [0.15, 0.2) is 30.3 Å². The van der Waals surface area contributed by atoms with E-state index in [2.05, 4.69) is 17.0 Å². The van der Waals surface area contributed by atoms with Crippen molar-refractivity contribution in [3.05, 3.63) is 35.9 Å². The van der Waals surface area contributed by atoms with Crippen molar-refractivity contribution in [2.24, 2.45) is 11.8 Å². The molecule has 1 heterocycles. The predicted molar refractivity (Wildman–Crippen MR) is 80.6 cm³/mol. The second-order valence-electron chi connectivity index (χ2n) is 5.67. The number of hydrogen-bond donors (Lipinski definition) is 0. The van der Waals surface area contributed by atoms with Gasteiger partial charge in [-0.15, -0.1) is 0 Å². The molecule has 1 aliphatic heterocycles. The fourth-order valence-electron chi connectivity index (χ4n) is 3.03. The summed E-state index contributed by atoms with van der Waals surface area (Å²) in [6, 6.07) is 10.2. The van der Waals surface area contributed by atoms with Gasteiger partial charge in [0, 0.05) is 25.6 Å². The number of ether oxygens (including phenoxy) is 1. The van der Waals surface area contributed by atoms with Crippen LogP contribution in [0, 0.1) is 11.8 Å². The summed E-state index contributed by atoms with van der Waals surface area (Å²) in [5, 5.41) is 0. The molecule has 0 N–H and O–H groups in total. The summed E-state index contributed by atoms with van der Waals surface area (Å²) in [7, 11) is 0. The molecule has 4 heteroatoms. The largest absolute Gasteiger partial charge is 0.466 e. The first kappa shape index (κ1) is 15.7. The molecule has 1 aliphatic rings. The lowest BCUT2D eigenvalue weighted by Gasteiger charge is -2.15. The first-order chi connectivity index (χ1) is 10.1. The number of nitrogens with zero attached hydrogens (tertiary/aromatic N) is 1. The van der Waals surface area contributed by atoms with E-state index in [4.69, 9.17) is 4.74 Å². The maximum atomic E-state index is 11.8. The Morgan fingerprint density at radius 3 is 2.57 bits per heavy atom. The highest BCUT2D eigenvalue weighted by atomic mass is 16.5. The van der Waals surface area contributed by atoms with E-state index in [9.17, 15) is 9.59 Å². The van der Waals surface area contributed by atoms with E-state index in [1.807, 2.05) is 18.2 Å². The number of hydrogen-bond acceptors (Lipinski definition) is 4. The molecule has 0 amide bonds. The van der Waals surface area contributed by atoms with Gasteiger partial charge in [0.2, 0.25) is 0 Å². The van der Waals surface area contributed by atoms with Gasteiger partial charge < -0.3 is 4.74 Å². The molecule has 0 spiro atoms. The molecule has 0 radical (unpaired) electrons. The van der Waals surface area contributed by atoms with Crippen molar-refractivity contribution in [2.45, 2.75) is 26.8 Å². The van der Waals surface area contributed by atoms with Gasteiger partial charge in [-0.05, 0) is 25.3 Å². The van der Waals surface area contributed by atoms with Crippen molar-refractivity contribution < 1.29 is 14.3 Å². The minimum absolute atomic E-state index is 0.0573. The highest BCUT2D eigenvalue weighted by Gasteiger charge is 2.36. The Bertz CT molecular complexity index is 486. The number of Topliss-reactive ketones (excluding diaryl/α,β-unsaturated/α-hetero) is 1. The van der Waals surface area contributed by atoms with Crippen LogP contribution in [-0.2, 0) is 20.9 Å². The van der Waals surface area contributed by atoms with Crippen LogP contribution in [0.3, 0.4) is 0 Å². The third-order valence-corrected chi connectivity index (χ3v) is 4.02. The van der Waals surface area contributed by atoms with Gasteiger partial charge in [-0.25, -0.2) is 0 Å². The Balaban J connectivity index is 1.98. The van der Waals surface area contributed by atoms with Crippen LogP contribution in [0.1, 0.15) is 25.8 Å². The van der Waals surface area contributed by atoms with E-state index in [-0.39, 0.29) is 23.6 Å². The van der Waals surface area contributed by atoms with E-state index < -0.39 is 0 Å². The molecule has 1 aromatic rings. The molecule has 114 valence electrons. The lowest BCUT2D eigenvalue weighted by Crippen LogP contribution is -2.23. The lowest BCUT2D eigenvalue weighted by atomic mass is 9.90. The van der Waals surface area contributed by atoms with Crippen molar-refractivity contribution in [3.8, 4) is 0 Å². The number of ketones is 1. The second-order valence-corrected chi connectivity index (χ2v) is 5.67. The molecule has 1 saturated heterocycles. The Morgan fingerprint density at radius 2 is 1.95 bits per heavy atom. The maximum Gasteiger partial charge on any atom is 0.306 e. The van der Waals surface area contributed by atoms with Crippen molar-refractivity contribution >= 4 is 11.8 Å². The highest BCUT2D eigenvalue weighted by Crippen LogP contribution is 2.28. The number of esters is 1. The monoisotopic (exact) mass is 289 g/mol. The number of likely N-dealkylation sites (tertiary alicyclic amines) is 1. The quantitative estimate of drug-likeness (QED) is 0.754. The minimum Gasteiger partial charge on any atom is -0.466 e. The van der Waals surface area contributed by atoms with Crippen molar-refractivity contribution in [1.29, 1.82) is 0 Å². The van der Waals surface area contributed by atoms with Crippen LogP contribution >= 0.6 is 0 Å². The smallest absolute Gasteiger partial charge is 0.306 e. The van der Waals surface area contributed by atoms with Gasteiger partial charge in [-0.1, -0.05) is 30.3 Å². The fourth-order valence-corrected chi connectivity index (χ4v) is 3.03. The fraction of sp³-hybridized carbons (Fsp3) is 0.529. The average molecular weight is 289 g/mol. The zero-order valence-electron chi connectivity index (χ0n) is 12.7. The van der Waals surface area contributed by atoms with Crippen LogP contribution in [0.25, 0.3) is 0 Å². The molecular formula is C17H23NO3. The van der Waals surface area contributed by atoms with Crippen LogP contribution < -0.4 is 0 Å². The molecule has 4 nitrogen and oxygen atoms in total. The van der Waals surface area contributed by atoms with Gasteiger partial charge in [0.15, 0.2) is 0 Å². The molecule has 0 aromatic heterocycles. The van der Waals surface area contributed by atoms with E-state index >= 15 is 0 Å². The standard InChI is InChI=1S/C17H23NO3/c1-3-21-17(20)9-15-11-18(12-16(15)13(2)19)10-14-7-5-4-6-8-14/h4-8,15-16H,3,9-12H2,1-2H3/t15-,16+/m1/s1. The van der Waals surface area contributed by atoms with Gasteiger partial charge >= 0.3 is 5.97 Å². The van der Waals surface area contributed by atoms with Gasteiger partial charge in [0.25, 0.3) is 0 Å². The van der Waals surface area contributed by atoms with E-state index in [1.54, 1.807) is 13.8 Å². The second kappa shape index (κ2) is 7.36. The van der Waals surface area contributed by atoms with Gasteiger partial charge in [-0.3, -0.25) is 14.5 Å². The van der Waals surface area contributed by atoms with Gasteiger partial charge in [0.05, 0.1) is 13.0 Å². The average Bonchev–Trinajstić information content (AvgIpc) is 2.83. The predicted octanol–water partition coefficient (Wildman–Crippen LogP) is 2.28. The summed E-state index contributed by atoms with van der Waals surface area (Å²) in [5.41, 5.74) is 1.23. The third-order valence-electron chi connectivity index (χ3n) is 4.02. The van der Waals surface area contributed by atoms with E-state index in [0.29, 0.717) is 13.0 Å². The van der Waals surface area contributed by atoms with Crippen molar-refractivity contribution in [1.82, 2.24) is 4.90 Å². The molecule has 0 saturated carbocycles. The zero-order chi connectivity index (χ0) is 15.2. The zero-order valence-corrected chi connectivity index (χ0v) is 12.7. The molecule has 0 unspecified atom stereocenters. The Labute approximate surface area is 126 Å². The summed E-state index contributed by atoms with van der Waals surface area (Å²) in [5.74, 6) is -0.0152. The maximum absolute atomic E-state index is 11.8. The van der Waals surface area contributed by atoms with E-state index in [1.165, 1.54) is 5.56 Å². The molecule has 2 rings (SSSR count). The molecule has 0 bridgehead atoms. The van der Waals surface area contributed by atoms with Crippen molar-refractivity contribution in [3.63, 3.8) is 0 Å². The van der Waals surface area contributed by atoms with Crippen LogP contribution in [0.5, 0.6) is 0 Å². The number of benzene rings is 1. The van der Waals surface area contributed by atoms with E-state index in [0.717, 1.165) is 19.6 Å². The summed E-state index contributed by atoms with van der Waals surface area (Å²) >= 11 is 0. The van der Waals surface area contributed by atoms with Crippen molar-refractivity contribution in [2.75, 3.05) is 19.7 Å². The van der Waals surface area contributed by atoms with Gasteiger partial charge in [-0.2, -0.15) is 0 Å². The SMILES string of the molecule is CCOC(=O)C[C@@H]1CN(Cc2ccccc2)C[C@H]1C(C)=O. The lowest BCUT2D eigenvalue weighted by molar-refractivity contribution is -0.144. The normalized spacial score (nSPS) is 22.2. The number of carbonyl (C=O) groups is 2. The molecule has 1 fully saturated rings. The van der Waals surface area contributed by atoms with Crippen LogP contribution in [0.4, 0.5) is 0 Å². The summed E-state index contributed by atoms with van der Waals surface area (Å²) in [6.45, 7) is 6.14. The third kappa shape index (κ3) is 4.39. The summed E-state index contributed by atoms with van der Waals surface area (Å²) in [6.07, 6.45) is 0.337. The van der Waals surface area contributed by atoms with Crippen LogP contribution in [0.2, 0.25) is 0 Å². The number of rotatable bonds is 6. The molecule has 0 aliphatic carbocycles. The molecule has 1 aromatic carbocycles. The highest BCUT2D eigenvalue weighted by molar-refractivity contribution is 5.80.